The Morgan fingerprint density at radius 1 is 1.18 bits per heavy atom. The predicted molar refractivity (Wildman–Crippen MR) is 80.8 cm³/mol. The van der Waals surface area contributed by atoms with Crippen LogP contribution in [-0.2, 0) is 0 Å². The summed E-state index contributed by atoms with van der Waals surface area (Å²) in [4.78, 5) is 0. The average molecular weight is 257 g/mol. The zero-order valence-corrected chi connectivity index (χ0v) is 12.8. The quantitative estimate of drug-likeness (QED) is 0.655. The molecule has 0 heterocycles. The molecule has 1 fully saturated rings. The molecule has 0 aromatic heterocycles. The molecule has 3 unspecified atom stereocenters. The van der Waals surface area contributed by atoms with E-state index >= 15 is 0 Å². The number of hydrogen-bond donors (Lipinski definition) is 1. The summed E-state index contributed by atoms with van der Waals surface area (Å²) in [6.07, 6.45) is 11.0. The van der Waals surface area contributed by atoms with Crippen molar-refractivity contribution in [3.63, 3.8) is 0 Å². The van der Waals surface area contributed by atoms with E-state index in [0.717, 1.165) is 24.3 Å². The van der Waals surface area contributed by atoms with Gasteiger partial charge in [0.2, 0.25) is 0 Å². The van der Waals surface area contributed by atoms with E-state index in [4.69, 9.17) is 0 Å². The van der Waals surface area contributed by atoms with Crippen molar-refractivity contribution in [1.29, 1.82) is 0 Å². The van der Waals surface area contributed by atoms with E-state index in [1.54, 1.807) is 0 Å². The second kappa shape index (κ2) is 9.27. The maximum atomic E-state index is 3.57. The Hall–Kier alpha value is 0.310. The maximum Gasteiger partial charge on any atom is -0.00180 e. The summed E-state index contributed by atoms with van der Waals surface area (Å²) >= 11 is 2.00. The van der Waals surface area contributed by atoms with Crippen LogP contribution in [0.3, 0.4) is 0 Å². The molecule has 0 amide bonds. The Balaban J connectivity index is 2.37. The highest BCUT2D eigenvalue weighted by Crippen LogP contribution is 2.37. The summed E-state index contributed by atoms with van der Waals surface area (Å²) in [6, 6.07) is 0. The lowest BCUT2D eigenvalue weighted by molar-refractivity contribution is 0.163. The molecule has 2 heteroatoms. The highest BCUT2D eigenvalue weighted by molar-refractivity contribution is 7.98. The minimum absolute atomic E-state index is 0.958. The van der Waals surface area contributed by atoms with Crippen LogP contribution in [0.1, 0.15) is 52.4 Å². The Kier molecular flexibility index (Phi) is 8.38. The molecular formula is C15H31NS. The molecule has 0 radical (unpaired) electrons. The summed E-state index contributed by atoms with van der Waals surface area (Å²) < 4.78 is 0. The van der Waals surface area contributed by atoms with Gasteiger partial charge in [0.25, 0.3) is 0 Å². The molecule has 0 aromatic rings. The molecule has 0 bridgehead atoms. The zero-order valence-electron chi connectivity index (χ0n) is 12.0. The first-order valence-corrected chi connectivity index (χ1v) is 8.90. The van der Waals surface area contributed by atoms with Crippen LogP contribution in [0.4, 0.5) is 0 Å². The van der Waals surface area contributed by atoms with E-state index in [9.17, 15) is 0 Å². The first-order valence-electron chi connectivity index (χ1n) is 7.51. The van der Waals surface area contributed by atoms with Crippen LogP contribution in [0, 0.1) is 17.8 Å². The molecule has 102 valence electrons. The van der Waals surface area contributed by atoms with Crippen LogP contribution in [0.15, 0.2) is 0 Å². The van der Waals surface area contributed by atoms with E-state index in [1.807, 2.05) is 11.8 Å². The Labute approximate surface area is 113 Å². The molecule has 1 rings (SSSR count). The summed E-state index contributed by atoms with van der Waals surface area (Å²) in [7, 11) is 0. The number of nitrogens with one attached hydrogen (secondary N) is 1. The molecule has 0 saturated heterocycles. The van der Waals surface area contributed by atoms with Gasteiger partial charge in [-0.3, -0.25) is 0 Å². The number of hydrogen-bond acceptors (Lipinski definition) is 2. The SMILES string of the molecule is CCNCC1CCC(CC)CC1CCCSC. The van der Waals surface area contributed by atoms with Crippen molar-refractivity contribution in [1.82, 2.24) is 5.32 Å². The van der Waals surface area contributed by atoms with Gasteiger partial charge in [-0.25, -0.2) is 0 Å². The summed E-state index contributed by atoms with van der Waals surface area (Å²) in [5, 5.41) is 3.57. The Bertz CT molecular complexity index is 184. The van der Waals surface area contributed by atoms with E-state index < -0.39 is 0 Å². The van der Waals surface area contributed by atoms with Crippen molar-refractivity contribution >= 4 is 11.8 Å². The Morgan fingerprint density at radius 2 is 2.00 bits per heavy atom. The topological polar surface area (TPSA) is 12.0 Å². The van der Waals surface area contributed by atoms with Crippen LogP contribution >= 0.6 is 11.8 Å². The molecule has 1 N–H and O–H groups in total. The molecule has 0 aromatic carbocycles. The van der Waals surface area contributed by atoms with Crippen LogP contribution in [0.5, 0.6) is 0 Å². The van der Waals surface area contributed by atoms with Crippen molar-refractivity contribution in [3.05, 3.63) is 0 Å². The van der Waals surface area contributed by atoms with E-state index in [0.29, 0.717) is 0 Å². The van der Waals surface area contributed by atoms with Crippen molar-refractivity contribution in [2.24, 2.45) is 17.8 Å². The Morgan fingerprint density at radius 3 is 2.65 bits per heavy atom. The van der Waals surface area contributed by atoms with E-state index in [2.05, 4.69) is 25.4 Å². The zero-order chi connectivity index (χ0) is 12.5. The van der Waals surface area contributed by atoms with E-state index in [1.165, 1.54) is 50.8 Å². The van der Waals surface area contributed by atoms with Gasteiger partial charge in [-0.05, 0) is 68.5 Å². The van der Waals surface area contributed by atoms with Crippen LogP contribution in [0.2, 0.25) is 0 Å². The monoisotopic (exact) mass is 257 g/mol. The minimum atomic E-state index is 0.958. The number of rotatable bonds is 8. The van der Waals surface area contributed by atoms with Gasteiger partial charge >= 0.3 is 0 Å². The van der Waals surface area contributed by atoms with Crippen molar-refractivity contribution in [2.75, 3.05) is 25.1 Å². The van der Waals surface area contributed by atoms with Crippen LogP contribution in [-0.4, -0.2) is 25.1 Å². The first kappa shape index (κ1) is 15.4. The molecule has 1 saturated carbocycles. The molecule has 0 spiro atoms. The van der Waals surface area contributed by atoms with Crippen molar-refractivity contribution < 1.29 is 0 Å². The largest absolute Gasteiger partial charge is 0.317 e. The van der Waals surface area contributed by atoms with Gasteiger partial charge in [0, 0.05) is 0 Å². The molecule has 1 aliphatic rings. The standard InChI is InChI=1S/C15H31NS/c1-4-13-8-9-15(12-16-5-2)14(11-13)7-6-10-17-3/h13-16H,4-12H2,1-3H3. The third-order valence-electron chi connectivity index (χ3n) is 4.41. The second-order valence-corrected chi connectivity index (χ2v) is 6.54. The second-order valence-electron chi connectivity index (χ2n) is 5.55. The van der Waals surface area contributed by atoms with Gasteiger partial charge < -0.3 is 5.32 Å². The van der Waals surface area contributed by atoms with Crippen molar-refractivity contribution in [3.8, 4) is 0 Å². The fourth-order valence-electron chi connectivity index (χ4n) is 3.24. The fraction of sp³-hybridized carbons (Fsp3) is 1.00. The normalized spacial score (nSPS) is 29.5. The third kappa shape index (κ3) is 5.65. The fourth-order valence-corrected chi connectivity index (χ4v) is 3.69. The minimum Gasteiger partial charge on any atom is -0.317 e. The van der Waals surface area contributed by atoms with Gasteiger partial charge in [-0.1, -0.05) is 26.7 Å². The third-order valence-corrected chi connectivity index (χ3v) is 5.10. The highest BCUT2D eigenvalue weighted by atomic mass is 32.2. The molecule has 17 heavy (non-hydrogen) atoms. The van der Waals surface area contributed by atoms with Gasteiger partial charge in [0.15, 0.2) is 0 Å². The van der Waals surface area contributed by atoms with Gasteiger partial charge in [-0.15, -0.1) is 0 Å². The highest BCUT2D eigenvalue weighted by Gasteiger charge is 2.28. The molecule has 1 nitrogen and oxygen atoms in total. The van der Waals surface area contributed by atoms with Gasteiger partial charge in [0.05, 0.1) is 0 Å². The smallest absolute Gasteiger partial charge is 0.00180 e. The summed E-state index contributed by atoms with van der Waals surface area (Å²) in [6.45, 7) is 6.98. The lowest BCUT2D eigenvalue weighted by atomic mass is 9.71. The summed E-state index contributed by atoms with van der Waals surface area (Å²) in [5.74, 6) is 4.33. The maximum absolute atomic E-state index is 3.57. The van der Waals surface area contributed by atoms with Gasteiger partial charge in [-0.2, -0.15) is 11.8 Å². The van der Waals surface area contributed by atoms with Crippen LogP contribution < -0.4 is 5.32 Å². The molecule has 0 aliphatic heterocycles. The molecule has 3 atom stereocenters. The lowest BCUT2D eigenvalue weighted by Gasteiger charge is -2.36. The molecule has 1 aliphatic carbocycles. The van der Waals surface area contributed by atoms with Crippen molar-refractivity contribution in [2.45, 2.75) is 52.4 Å². The van der Waals surface area contributed by atoms with Crippen LogP contribution in [0.25, 0.3) is 0 Å². The summed E-state index contributed by atoms with van der Waals surface area (Å²) in [5.41, 5.74) is 0. The molecular weight excluding hydrogens is 226 g/mol. The number of thioether (sulfide) groups is 1. The lowest BCUT2D eigenvalue weighted by Crippen LogP contribution is -2.33. The first-order chi connectivity index (χ1) is 8.31. The van der Waals surface area contributed by atoms with E-state index in [-0.39, 0.29) is 0 Å². The predicted octanol–water partition coefficient (Wildman–Crippen LogP) is 4.18. The average Bonchev–Trinajstić information content (AvgIpc) is 2.37. The van der Waals surface area contributed by atoms with Gasteiger partial charge in [0.1, 0.15) is 0 Å².